The van der Waals surface area contributed by atoms with Gasteiger partial charge in [-0.25, -0.2) is 0 Å². The van der Waals surface area contributed by atoms with Gasteiger partial charge in [0.1, 0.15) is 0 Å². The molecule has 2 aromatic rings. The second-order valence-electron chi connectivity index (χ2n) is 3.58. The summed E-state index contributed by atoms with van der Waals surface area (Å²) >= 11 is 10.8. The summed E-state index contributed by atoms with van der Waals surface area (Å²) in [5, 5.41) is 0.613. The maximum Gasteiger partial charge on any atom is 0.202 e. The molecule has 4 heteroatoms. The minimum Gasteiger partial charge on any atom is -0.288 e. The van der Waals surface area contributed by atoms with Crippen molar-refractivity contribution >= 4 is 44.7 Å². The van der Waals surface area contributed by atoms with E-state index < -0.39 is 0 Å². The molecule has 0 N–H and O–H groups in total. The fourth-order valence-corrected chi connectivity index (χ4v) is 2.88. The number of hydrogen-bond acceptors (Lipinski definition) is 2. The highest BCUT2D eigenvalue weighted by atomic mass is 79.9. The van der Waals surface area contributed by atoms with Crippen molar-refractivity contribution in [1.29, 1.82) is 0 Å². The van der Waals surface area contributed by atoms with E-state index in [4.69, 9.17) is 11.6 Å². The van der Waals surface area contributed by atoms with Gasteiger partial charge in [-0.3, -0.25) is 4.79 Å². The molecule has 88 valence electrons. The zero-order chi connectivity index (χ0) is 12.4. The lowest BCUT2D eigenvalue weighted by Crippen LogP contribution is -1.98. The van der Waals surface area contributed by atoms with E-state index in [0.29, 0.717) is 10.6 Å². The molecule has 1 heterocycles. The molecule has 17 heavy (non-hydrogen) atoms. The molecule has 0 spiro atoms. The van der Waals surface area contributed by atoms with Crippen LogP contribution in [0, 0.1) is 0 Å². The van der Waals surface area contributed by atoms with E-state index in [0.717, 1.165) is 15.8 Å². The lowest BCUT2D eigenvalue weighted by molar-refractivity contribution is 0.104. The zero-order valence-corrected chi connectivity index (χ0v) is 12.3. The van der Waals surface area contributed by atoms with Gasteiger partial charge in [-0.2, -0.15) is 0 Å². The van der Waals surface area contributed by atoms with E-state index in [9.17, 15) is 4.79 Å². The Kier molecular flexibility index (Phi) is 4.02. The number of aryl methyl sites for hydroxylation is 1. The number of benzene rings is 1. The Morgan fingerprint density at radius 3 is 2.71 bits per heavy atom. The van der Waals surface area contributed by atoms with Gasteiger partial charge in [-0.1, -0.05) is 18.5 Å². The van der Waals surface area contributed by atoms with Gasteiger partial charge in [0.15, 0.2) is 0 Å². The van der Waals surface area contributed by atoms with Crippen molar-refractivity contribution in [3.8, 4) is 0 Å². The molecule has 1 nitrogen and oxygen atoms in total. The van der Waals surface area contributed by atoms with Gasteiger partial charge in [0.05, 0.1) is 9.90 Å². The molecule has 1 aromatic carbocycles. The molecule has 0 fully saturated rings. The summed E-state index contributed by atoms with van der Waals surface area (Å²) in [4.78, 5) is 14.2. The van der Waals surface area contributed by atoms with Gasteiger partial charge in [-0.05, 0) is 52.7 Å². The Bertz CT molecular complexity index is 562. The van der Waals surface area contributed by atoms with Crippen molar-refractivity contribution in [3.63, 3.8) is 0 Å². The van der Waals surface area contributed by atoms with Crippen LogP contribution in [-0.4, -0.2) is 5.78 Å². The second-order valence-corrected chi connectivity index (χ2v) is 6.01. The van der Waals surface area contributed by atoms with Crippen LogP contribution in [0.2, 0.25) is 5.02 Å². The number of rotatable bonds is 3. The van der Waals surface area contributed by atoms with Gasteiger partial charge in [0.2, 0.25) is 5.78 Å². The number of carbonyl (C=O) groups is 1. The second kappa shape index (κ2) is 5.34. The summed E-state index contributed by atoms with van der Waals surface area (Å²) in [5.41, 5.74) is 0.658. The molecule has 1 aromatic heterocycles. The highest BCUT2D eigenvalue weighted by molar-refractivity contribution is 9.10. The predicted molar refractivity (Wildman–Crippen MR) is 76.3 cm³/mol. The molecule has 0 amide bonds. The Balaban J connectivity index is 2.33. The fourth-order valence-electron chi connectivity index (χ4n) is 1.47. The Morgan fingerprint density at radius 1 is 1.35 bits per heavy atom. The van der Waals surface area contributed by atoms with Gasteiger partial charge >= 0.3 is 0 Å². The van der Waals surface area contributed by atoms with Crippen LogP contribution in [-0.2, 0) is 6.42 Å². The molecule has 0 radical (unpaired) electrons. The predicted octanol–water partition coefficient (Wildman–Crippen LogP) is 4.96. The van der Waals surface area contributed by atoms with Crippen LogP contribution < -0.4 is 0 Å². The Morgan fingerprint density at radius 2 is 2.12 bits per heavy atom. The monoisotopic (exact) mass is 328 g/mol. The van der Waals surface area contributed by atoms with Crippen molar-refractivity contribution in [2.75, 3.05) is 0 Å². The number of carbonyl (C=O) groups excluding carboxylic acids is 1. The minimum absolute atomic E-state index is 0.0482. The fraction of sp³-hybridized carbons (Fsp3) is 0.154. The summed E-state index contributed by atoms with van der Waals surface area (Å²) < 4.78 is 0.747. The molecule has 0 saturated carbocycles. The summed E-state index contributed by atoms with van der Waals surface area (Å²) in [6.45, 7) is 2.08. The summed E-state index contributed by atoms with van der Waals surface area (Å²) in [7, 11) is 0. The van der Waals surface area contributed by atoms with Crippen molar-refractivity contribution in [1.82, 2.24) is 0 Å². The molecule has 0 aliphatic heterocycles. The summed E-state index contributed by atoms with van der Waals surface area (Å²) in [6, 6.07) is 9.13. The maximum absolute atomic E-state index is 12.2. The van der Waals surface area contributed by atoms with Crippen molar-refractivity contribution in [3.05, 3.63) is 55.1 Å². The molecule has 0 aliphatic rings. The molecule has 0 saturated heterocycles. The van der Waals surface area contributed by atoms with Gasteiger partial charge in [0, 0.05) is 14.9 Å². The summed E-state index contributed by atoms with van der Waals surface area (Å²) in [5.74, 6) is 0.0482. The van der Waals surface area contributed by atoms with Crippen LogP contribution in [0.4, 0.5) is 0 Å². The van der Waals surface area contributed by atoms with E-state index in [1.807, 2.05) is 12.1 Å². The van der Waals surface area contributed by atoms with E-state index in [-0.39, 0.29) is 5.78 Å². The first-order chi connectivity index (χ1) is 8.11. The zero-order valence-electron chi connectivity index (χ0n) is 9.17. The average molecular weight is 330 g/mol. The SMILES string of the molecule is CCc1ccc(C(=O)c2ccc(Cl)c(Br)c2)s1. The molecule has 0 aliphatic carbocycles. The van der Waals surface area contributed by atoms with Crippen LogP contribution in [0.25, 0.3) is 0 Å². The average Bonchev–Trinajstić information content (AvgIpc) is 2.80. The highest BCUT2D eigenvalue weighted by Gasteiger charge is 2.12. The van der Waals surface area contributed by atoms with Crippen LogP contribution >= 0.6 is 38.9 Å². The molecule has 0 unspecified atom stereocenters. The van der Waals surface area contributed by atoms with E-state index >= 15 is 0 Å². The molecular formula is C13H10BrClOS. The smallest absolute Gasteiger partial charge is 0.202 e. The van der Waals surface area contributed by atoms with Gasteiger partial charge in [-0.15, -0.1) is 11.3 Å². The quantitative estimate of drug-likeness (QED) is 0.728. The Hall–Kier alpha value is -0.640. The minimum atomic E-state index is 0.0482. The number of halogens is 2. The van der Waals surface area contributed by atoms with E-state index in [1.165, 1.54) is 4.88 Å². The summed E-state index contributed by atoms with van der Waals surface area (Å²) in [6.07, 6.45) is 0.961. The lowest BCUT2D eigenvalue weighted by atomic mass is 10.1. The van der Waals surface area contributed by atoms with Crippen LogP contribution in [0.5, 0.6) is 0 Å². The van der Waals surface area contributed by atoms with Crippen LogP contribution in [0.3, 0.4) is 0 Å². The normalized spacial score (nSPS) is 10.5. The molecule has 0 bridgehead atoms. The first-order valence-electron chi connectivity index (χ1n) is 5.20. The molecular weight excluding hydrogens is 320 g/mol. The standard InChI is InChI=1S/C13H10BrClOS/c1-2-9-4-6-12(17-9)13(16)8-3-5-11(15)10(14)7-8/h3-7H,2H2,1H3. The van der Waals surface area contributed by atoms with E-state index in [1.54, 1.807) is 29.5 Å². The van der Waals surface area contributed by atoms with Gasteiger partial charge < -0.3 is 0 Å². The largest absolute Gasteiger partial charge is 0.288 e. The lowest BCUT2D eigenvalue weighted by Gasteiger charge is -2.00. The van der Waals surface area contributed by atoms with Crippen molar-refractivity contribution in [2.45, 2.75) is 13.3 Å². The number of thiophene rings is 1. The van der Waals surface area contributed by atoms with Crippen LogP contribution in [0.15, 0.2) is 34.8 Å². The Labute approximate surface area is 118 Å². The third kappa shape index (κ3) is 2.79. The first kappa shape index (κ1) is 12.8. The molecule has 0 atom stereocenters. The van der Waals surface area contributed by atoms with Gasteiger partial charge in [0.25, 0.3) is 0 Å². The highest BCUT2D eigenvalue weighted by Crippen LogP contribution is 2.26. The number of ketones is 1. The maximum atomic E-state index is 12.2. The first-order valence-corrected chi connectivity index (χ1v) is 7.19. The third-order valence-corrected chi connectivity index (χ3v) is 4.86. The van der Waals surface area contributed by atoms with Crippen LogP contribution in [0.1, 0.15) is 27.0 Å². The van der Waals surface area contributed by atoms with E-state index in [2.05, 4.69) is 22.9 Å². The number of hydrogen-bond donors (Lipinski definition) is 0. The topological polar surface area (TPSA) is 17.1 Å². The van der Waals surface area contributed by atoms with Crippen molar-refractivity contribution < 1.29 is 4.79 Å². The van der Waals surface area contributed by atoms with Crippen molar-refractivity contribution in [2.24, 2.45) is 0 Å². The third-order valence-electron chi connectivity index (χ3n) is 2.42. The molecule has 2 rings (SSSR count).